The number of hydrogen-bond donors (Lipinski definition) is 2. The minimum absolute atomic E-state index is 0.0756. The maximum Gasteiger partial charge on any atom is 0.226 e. The van der Waals surface area contributed by atoms with Crippen molar-refractivity contribution in [2.24, 2.45) is 5.92 Å². The van der Waals surface area contributed by atoms with Gasteiger partial charge in [0.25, 0.3) is 0 Å². The minimum Gasteiger partial charge on any atom is -0.379 e. The lowest BCUT2D eigenvalue weighted by Gasteiger charge is -2.17. The van der Waals surface area contributed by atoms with Crippen LogP contribution in [0, 0.1) is 24.5 Å². The first-order valence-electron chi connectivity index (χ1n) is 7.88. The van der Waals surface area contributed by atoms with Crippen molar-refractivity contribution in [3.63, 3.8) is 0 Å². The van der Waals surface area contributed by atoms with Crippen LogP contribution in [0.25, 0.3) is 0 Å². The molecular formula is C17H22F2N2O3. The molecular weight excluding hydrogens is 318 g/mol. The summed E-state index contributed by atoms with van der Waals surface area (Å²) in [6.07, 6.45) is -0.828. The van der Waals surface area contributed by atoms with Gasteiger partial charge in [-0.2, -0.15) is 0 Å². The highest BCUT2D eigenvalue weighted by atomic mass is 19.1. The molecule has 1 fully saturated rings. The Labute approximate surface area is 139 Å². The molecule has 1 aliphatic rings. The summed E-state index contributed by atoms with van der Waals surface area (Å²) in [5.41, 5.74) is 0.375. The number of rotatable bonds is 6. The maximum atomic E-state index is 14.2. The molecule has 1 amide bonds. The Morgan fingerprint density at radius 1 is 1.42 bits per heavy atom. The molecule has 1 unspecified atom stereocenters. The fourth-order valence-corrected chi connectivity index (χ4v) is 3.02. The number of aliphatic hydroxyl groups is 1. The third kappa shape index (κ3) is 3.96. The van der Waals surface area contributed by atoms with Crippen LogP contribution in [0.2, 0.25) is 0 Å². The van der Waals surface area contributed by atoms with Gasteiger partial charge in [0, 0.05) is 23.9 Å². The standard InChI is InChI=1S/C17H22F2N2O3/c1-9-4-14(18)16(15(19)5-9)13-8-21(17(24)10(13)2)7-12(23)6-20-11(3)22/h4-5,10-11,13,20,22H,6-8H2,1-3H3/t10-,11?,13+/m0/s1. The number of halogens is 2. The molecule has 1 saturated heterocycles. The highest BCUT2D eigenvalue weighted by Crippen LogP contribution is 2.36. The average Bonchev–Trinajstić information content (AvgIpc) is 2.73. The Morgan fingerprint density at radius 3 is 2.54 bits per heavy atom. The topological polar surface area (TPSA) is 69.6 Å². The number of carbonyl (C=O) groups excluding carboxylic acids is 2. The second kappa shape index (κ2) is 7.36. The van der Waals surface area contributed by atoms with Crippen LogP contribution in [0.5, 0.6) is 0 Å². The summed E-state index contributed by atoms with van der Waals surface area (Å²) in [5.74, 6) is -3.14. The normalized spacial score (nSPS) is 22.1. The van der Waals surface area contributed by atoms with E-state index in [0.717, 1.165) is 0 Å². The molecule has 132 valence electrons. The molecule has 0 bridgehead atoms. The van der Waals surface area contributed by atoms with Crippen molar-refractivity contribution in [2.45, 2.75) is 32.9 Å². The Kier molecular flexibility index (Phi) is 5.66. The van der Waals surface area contributed by atoms with E-state index in [2.05, 4.69) is 5.32 Å². The summed E-state index contributed by atoms with van der Waals surface area (Å²) < 4.78 is 28.4. The van der Waals surface area contributed by atoms with Crippen LogP contribution in [0.1, 0.15) is 30.9 Å². The zero-order valence-electron chi connectivity index (χ0n) is 14.0. The number of amides is 1. The average molecular weight is 340 g/mol. The summed E-state index contributed by atoms with van der Waals surface area (Å²) in [7, 11) is 0. The van der Waals surface area contributed by atoms with Gasteiger partial charge in [0.05, 0.1) is 13.1 Å². The molecule has 1 aliphatic heterocycles. The van der Waals surface area contributed by atoms with Crippen molar-refractivity contribution >= 4 is 11.7 Å². The third-order valence-electron chi connectivity index (χ3n) is 4.28. The number of aryl methyl sites for hydroxylation is 1. The van der Waals surface area contributed by atoms with E-state index >= 15 is 0 Å². The van der Waals surface area contributed by atoms with Crippen LogP contribution in [-0.2, 0) is 9.59 Å². The summed E-state index contributed by atoms with van der Waals surface area (Å²) in [6.45, 7) is 4.57. The highest BCUT2D eigenvalue weighted by Gasteiger charge is 2.41. The minimum atomic E-state index is -0.828. The predicted octanol–water partition coefficient (Wildman–Crippen LogP) is 1.33. The van der Waals surface area contributed by atoms with E-state index in [0.29, 0.717) is 5.56 Å². The number of benzene rings is 1. The first-order valence-corrected chi connectivity index (χ1v) is 7.88. The third-order valence-corrected chi connectivity index (χ3v) is 4.28. The molecule has 3 atom stereocenters. The van der Waals surface area contributed by atoms with E-state index in [-0.39, 0.29) is 36.9 Å². The van der Waals surface area contributed by atoms with Crippen LogP contribution in [0.4, 0.5) is 8.78 Å². The van der Waals surface area contributed by atoms with Gasteiger partial charge in [-0.3, -0.25) is 14.9 Å². The molecule has 1 aromatic rings. The fraction of sp³-hybridized carbons (Fsp3) is 0.529. The summed E-state index contributed by atoms with van der Waals surface area (Å²) in [4.78, 5) is 25.5. The van der Waals surface area contributed by atoms with E-state index in [4.69, 9.17) is 5.11 Å². The molecule has 0 aliphatic carbocycles. The van der Waals surface area contributed by atoms with Gasteiger partial charge in [0.2, 0.25) is 5.91 Å². The van der Waals surface area contributed by atoms with Crippen LogP contribution in [0.15, 0.2) is 12.1 Å². The van der Waals surface area contributed by atoms with Gasteiger partial charge in [-0.15, -0.1) is 0 Å². The molecule has 1 heterocycles. The van der Waals surface area contributed by atoms with E-state index in [1.54, 1.807) is 13.8 Å². The molecule has 0 spiro atoms. The Balaban J connectivity index is 2.13. The lowest BCUT2D eigenvalue weighted by molar-refractivity contribution is -0.134. The molecule has 2 N–H and O–H groups in total. The largest absolute Gasteiger partial charge is 0.379 e. The van der Waals surface area contributed by atoms with Gasteiger partial charge in [0.15, 0.2) is 5.78 Å². The number of carbonyl (C=O) groups is 2. The van der Waals surface area contributed by atoms with Gasteiger partial charge in [-0.25, -0.2) is 8.78 Å². The van der Waals surface area contributed by atoms with E-state index in [1.165, 1.54) is 24.0 Å². The smallest absolute Gasteiger partial charge is 0.226 e. The maximum absolute atomic E-state index is 14.2. The van der Waals surface area contributed by atoms with Crippen molar-refractivity contribution in [1.29, 1.82) is 0 Å². The SMILES string of the molecule is Cc1cc(F)c([C@@H]2CN(CC(=O)CNC(C)O)C(=O)[C@H]2C)c(F)c1. The molecule has 0 radical (unpaired) electrons. The Morgan fingerprint density at radius 2 is 2.00 bits per heavy atom. The van der Waals surface area contributed by atoms with E-state index < -0.39 is 29.7 Å². The van der Waals surface area contributed by atoms with Gasteiger partial charge in [-0.1, -0.05) is 6.92 Å². The number of likely N-dealkylation sites (tertiary alicyclic amines) is 1. The number of nitrogens with zero attached hydrogens (tertiary/aromatic N) is 1. The summed E-state index contributed by atoms with van der Waals surface area (Å²) in [5, 5.41) is 11.7. The predicted molar refractivity (Wildman–Crippen MR) is 84.3 cm³/mol. The molecule has 1 aromatic carbocycles. The number of nitrogens with one attached hydrogen (secondary N) is 1. The lowest BCUT2D eigenvalue weighted by atomic mass is 9.88. The molecule has 5 nitrogen and oxygen atoms in total. The number of Topliss-reactive ketones (excluding diaryl/α,β-unsaturated/α-hetero) is 1. The molecule has 7 heteroatoms. The van der Waals surface area contributed by atoms with E-state index in [1.807, 2.05) is 0 Å². The second-order valence-electron chi connectivity index (χ2n) is 6.35. The van der Waals surface area contributed by atoms with Crippen molar-refractivity contribution in [3.05, 3.63) is 34.9 Å². The van der Waals surface area contributed by atoms with Crippen LogP contribution < -0.4 is 5.32 Å². The molecule has 24 heavy (non-hydrogen) atoms. The van der Waals surface area contributed by atoms with Gasteiger partial charge < -0.3 is 10.0 Å². The number of hydrogen-bond acceptors (Lipinski definition) is 4. The van der Waals surface area contributed by atoms with Crippen molar-refractivity contribution < 1.29 is 23.5 Å². The zero-order chi connectivity index (χ0) is 18.0. The van der Waals surface area contributed by atoms with Crippen LogP contribution in [-0.4, -0.2) is 47.6 Å². The highest BCUT2D eigenvalue weighted by molar-refractivity contribution is 5.89. The molecule has 0 aromatic heterocycles. The number of ketones is 1. The second-order valence-corrected chi connectivity index (χ2v) is 6.35. The Hall–Kier alpha value is -1.86. The van der Waals surface area contributed by atoms with Crippen molar-refractivity contribution in [1.82, 2.24) is 10.2 Å². The zero-order valence-corrected chi connectivity index (χ0v) is 14.0. The van der Waals surface area contributed by atoms with Gasteiger partial charge in [-0.05, 0) is 31.5 Å². The summed E-state index contributed by atoms with van der Waals surface area (Å²) >= 11 is 0. The molecule has 2 rings (SSSR count). The van der Waals surface area contributed by atoms with Crippen molar-refractivity contribution in [2.75, 3.05) is 19.6 Å². The first kappa shape index (κ1) is 18.5. The molecule has 0 saturated carbocycles. The quantitative estimate of drug-likeness (QED) is 0.767. The van der Waals surface area contributed by atoms with Gasteiger partial charge >= 0.3 is 0 Å². The van der Waals surface area contributed by atoms with E-state index in [9.17, 15) is 18.4 Å². The summed E-state index contributed by atoms with van der Waals surface area (Å²) in [6, 6.07) is 2.49. The fourth-order valence-electron chi connectivity index (χ4n) is 3.02. The van der Waals surface area contributed by atoms with Crippen LogP contribution >= 0.6 is 0 Å². The van der Waals surface area contributed by atoms with Crippen LogP contribution in [0.3, 0.4) is 0 Å². The first-order chi connectivity index (χ1) is 11.2. The van der Waals surface area contributed by atoms with Crippen molar-refractivity contribution in [3.8, 4) is 0 Å². The van der Waals surface area contributed by atoms with Gasteiger partial charge in [0.1, 0.15) is 17.9 Å². The number of aliphatic hydroxyl groups excluding tert-OH is 1. The lowest BCUT2D eigenvalue weighted by Crippen LogP contribution is -2.38. The monoisotopic (exact) mass is 340 g/mol. The Bertz CT molecular complexity index is 626.